The minimum atomic E-state index is -0.363. The number of aryl methyl sites for hydroxylation is 1. The molecule has 2 heterocycles. The van der Waals surface area contributed by atoms with E-state index in [2.05, 4.69) is 25.2 Å². The number of carbonyl (C=O) groups excluding carboxylic acids is 1. The molecule has 1 amide bonds. The highest BCUT2D eigenvalue weighted by atomic mass is 16.6. The van der Waals surface area contributed by atoms with Crippen LogP contribution in [0.2, 0.25) is 0 Å². The highest BCUT2D eigenvalue weighted by Gasteiger charge is 2.16. The quantitative estimate of drug-likeness (QED) is 0.692. The van der Waals surface area contributed by atoms with Crippen molar-refractivity contribution < 1.29 is 14.2 Å². The number of amides is 1. The molecule has 0 radical (unpaired) electrons. The van der Waals surface area contributed by atoms with Crippen LogP contribution in [0.5, 0.6) is 5.88 Å². The van der Waals surface area contributed by atoms with Gasteiger partial charge < -0.3 is 14.6 Å². The van der Waals surface area contributed by atoms with Gasteiger partial charge in [-0.2, -0.15) is 0 Å². The molecule has 8 nitrogen and oxygen atoms in total. The number of aromatic nitrogens is 4. The van der Waals surface area contributed by atoms with Crippen LogP contribution in [0.4, 0.5) is 0 Å². The van der Waals surface area contributed by atoms with Gasteiger partial charge in [-0.25, -0.2) is 9.61 Å². The Bertz CT molecular complexity index is 810. The van der Waals surface area contributed by atoms with Crippen LogP contribution in [0.15, 0.2) is 35.2 Å². The van der Waals surface area contributed by atoms with Crippen molar-refractivity contribution in [3.05, 3.63) is 36.3 Å². The summed E-state index contributed by atoms with van der Waals surface area (Å²) in [6, 6.07) is 7.34. The van der Waals surface area contributed by atoms with Crippen LogP contribution >= 0.6 is 0 Å². The summed E-state index contributed by atoms with van der Waals surface area (Å²) in [6.45, 7) is 4.22. The van der Waals surface area contributed by atoms with Gasteiger partial charge in [-0.15, -0.1) is 0 Å². The maximum Gasteiger partial charge on any atom is 0.278 e. The number of carbonyl (C=O) groups is 1. The Hall–Kier alpha value is -2.90. The van der Waals surface area contributed by atoms with Gasteiger partial charge in [0.1, 0.15) is 18.3 Å². The number of nitrogens with one attached hydrogen (secondary N) is 1. The van der Waals surface area contributed by atoms with Crippen LogP contribution in [-0.2, 0) is 4.79 Å². The molecule has 1 aromatic carbocycles. The molecule has 1 atom stereocenters. The van der Waals surface area contributed by atoms with E-state index < -0.39 is 0 Å². The third kappa shape index (κ3) is 3.15. The minimum Gasteiger partial charge on any atom is -0.472 e. The van der Waals surface area contributed by atoms with Gasteiger partial charge in [-0.1, -0.05) is 17.3 Å². The van der Waals surface area contributed by atoms with Gasteiger partial charge in [0, 0.05) is 0 Å². The summed E-state index contributed by atoms with van der Waals surface area (Å²) in [5, 5.41) is 10.0. The van der Waals surface area contributed by atoms with Crippen molar-refractivity contribution in [3.8, 4) is 5.88 Å². The largest absolute Gasteiger partial charge is 0.472 e. The first kappa shape index (κ1) is 15.0. The Morgan fingerprint density at radius 1 is 1.39 bits per heavy atom. The van der Waals surface area contributed by atoms with Crippen LogP contribution in [-0.4, -0.2) is 38.9 Å². The van der Waals surface area contributed by atoms with Gasteiger partial charge in [0.05, 0.1) is 23.9 Å². The number of imidazole rings is 1. The van der Waals surface area contributed by atoms with Crippen molar-refractivity contribution >= 4 is 16.9 Å². The number of benzene rings is 1. The molecule has 0 aliphatic rings. The lowest BCUT2D eigenvalue weighted by atomic mass is 10.2. The number of ether oxygens (including phenoxy) is 1. The molecule has 0 fully saturated rings. The Morgan fingerprint density at radius 2 is 2.22 bits per heavy atom. The van der Waals surface area contributed by atoms with Crippen LogP contribution in [0.3, 0.4) is 0 Å². The van der Waals surface area contributed by atoms with Gasteiger partial charge in [-0.05, 0) is 31.1 Å². The average Bonchev–Trinajstić information content (AvgIpc) is 3.17. The highest BCUT2D eigenvalue weighted by Crippen LogP contribution is 2.17. The Balaban J connectivity index is 1.54. The molecular formula is C15H17N5O3. The van der Waals surface area contributed by atoms with Crippen molar-refractivity contribution in [3.63, 3.8) is 0 Å². The smallest absolute Gasteiger partial charge is 0.278 e. The van der Waals surface area contributed by atoms with E-state index in [-0.39, 0.29) is 18.6 Å². The Morgan fingerprint density at radius 3 is 3.00 bits per heavy atom. The molecule has 8 heteroatoms. The standard InChI is InChI=1S/C15H17N5O3/c1-10-15(19-23-18-10)22-8-7-16-14(21)11(2)20-9-17-12-5-3-4-6-13(12)20/h3-6,9,11H,7-8H2,1-2H3,(H,16,21)/t11-/m0/s1. The molecule has 0 saturated carbocycles. The third-order valence-electron chi connectivity index (χ3n) is 3.53. The average molecular weight is 315 g/mol. The van der Waals surface area contributed by atoms with Crippen molar-refractivity contribution in [2.45, 2.75) is 19.9 Å². The number of hydrogen-bond acceptors (Lipinski definition) is 6. The highest BCUT2D eigenvalue weighted by molar-refractivity contribution is 5.83. The molecule has 0 unspecified atom stereocenters. The third-order valence-corrected chi connectivity index (χ3v) is 3.53. The number of para-hydroxylation sites is 2. The predicted molar refractivity (Wildman–Crippen MR) is 82.0 cm³/mol. The van der Waals surface area contributed by atoms with Gasteiger partial charge in [0.25, 0.3) is 5.88 Å². The molecule has 0 aliphatic heterocycles. The van der Waals surface area contributed by atoms with E-state index in [1.54, 1.807) is 13.3 Å². The monoisotopic (exact) mass is 315 g/mol. The first-order chi connectivity index (χ1) is 11.2. The van der Waals surface area contributed by atoms with Gasteiger partial charge in [0.15, 0.2) is 0 Å². The minimum absolute atomic E-state index is 0.105. The number of rotatable bonds is 6. The van der Waals surface area contributed by atoms with Gasteiger partial charge >= 0.3 is 0 Å². The summed E-state index contributed by atoms with van der Waals surface area (Å²) in [6.07, 6.45) is 1.68. The first-order valence-corrected chi connectivity index (χ1v) is 7.28. The fourth-order valence-corrected chi connectivity index (χ4v) is 2.24. The van der Waals surface area contributed by atoms with E-state index >= 15 is 0 Å². The zero-order valence-electron chi connectivity index (χ0n) is 12.9. The van der Waals surface area contributed by atoms with E-state index in [0.29, 0.717) is 18.1 Å². The van der Waals surface area contributed by atoms with E-state index in [4.69, 9.17) is 4.74 Å². The molecule has 0 bridgehead atoms. The molecular weight excluding hydrogens is 298 g/mol. The fourth-order valence-electron chi connectivity index (χ4n) is 2.24. The maximum atomic E-state index is 12.3. The topological polar surface area (TPSA) is 95.1 Å². The van der Waals surface area contributed by atoms with Crippen molar-refractivity contribution in [2.75, 3.05) is 13.2 Å². The van der Waals surface area contributed by atoms with Gasteiger partial charge in [0.2, 0.25) is 5.91 Å². The normalized spacial score (nSPS) is 12.3. The number of nitrogens with zero attached hydrogens (tertiary/aromatic N) is 4. The Labute approximate surface area is 132 Å². The van der Waals surface area contributed by atoms with E-state index in [1.165, 1.54) is 0 Å². The second-order valence-corrected chi connectivity index (χ2v) is 5.11. The summed E-state index contributed by atoms with van der Waals surface area (Å²) in [7, 11) is 0. The molecule has 0 spiro atoms. The second kappa shape index (κ2) is 6.47. The number of hydrogen-bond donors (Lipinski definition) is 1. The first-order valence-electron chi connectivity index (χ1n) is 7.28. The maximum absolute atomic E-state index is 12.3. The lowest BCUT2D eigenvalue weighted by Gasteiger charge is -2.14. The summed E-state index contributed by atoms with van der Waals surface area (Å²) in [5.74, 6) is 0.236. The molecule has 0 aliphatic carbocycles. The second-order valence-electron chi connectivity index (χ2n) is 5.11. The van der Waals surface area contributed by atoms with Crippen LogP contribution < -0.4 is 10.1 Å². The molecule has 0 saturated heterocycles. The molecule has 1 N–H and O–H groups in total. The lowest BCUT2D eigenvalue weighted by molar-refractivity contribution is -0.123. The summed E-state index contributed by atoms with van der Waals surface area (Å²) in [5.41, 5.74) is 2.37. The lowest BCUT2D eigenvalue weighted by Crippen LogP contribution is -2.33. The van der Waals surface area contributed by atoms with Gasteiger partial charge in [-0.3, -0.25) is 4.79 Å². The van der Waals surface area contributed by atoms with Crippen molar-refractivity contribution in [1.82, 2.24) is 25.2 Å². The van der Waals surface area contributed by atoms with Crippen LogP contribution in [0, 0.1) is 6.92 Å². The summed E-state index contributed by atoms with van der Waals surface area (Å²) < 4.78 is 11.7. The zero-order valence-corrected chi connectivity index (χ0v) is 12.9. The van der Waals surface area contributed by atoms with Crippen molar-refractivity contribution in [2.24, 2.45) is 0 Å². The van der Waals surface area contributed by atoms with Crippen LogP contribution in [0.25, 0.3) is 11.0 Å². The molecule has 2 aromatic heterocycles. The predicted octanol–water partition coefficient (Wildman–Crippen LogP) is 1.48. The summed E-state index contributed by atoms with van der Waals surface area (Å²) >= 11 is 0. The Kier molecular flexibility index (Phi) is 4.22. The molecule has 23 heavy (non-hydrogen) atoms. The van der Waals surface area contributed by atoms with Crippen LogP contribution in [0.1, 0.15) is 18.7 Å². The SMILES string of the molecule is Cc1nonc1OCCNC(=O)[C@H](C)n1cnc2ccccc21. The number of fused-ring (bicyclic) bond motifs is 1. The molecule has 3 aromatic rings. The molecule has 120 valence electrons. The molecule has 3 rings (SSSR count). The fraction of sp³-hybridized carbons (Fsp3) is 0.333. The zero-order chi connectivity index (χ0) is 16.2. The van der Waals surface area contributed by atoms with Crippen molar-refractivity contribution in [1.29, 1.82) is 0 Å². The van der Waals surface area contributed by atoms with E-state index in [0.717, 1.165) is 11.0 Å². The summed E-state index contributed by atoms with van der Waals surface area (Å²) in [4.78, 5) is 16.5. The van der Waals surface area contributed by atoms with E-state index in [1.807, 2.05) is 35.8 Å². The van der Waals surface area contributed by atoms with E-state index in [9.17, 15) is 4.79 Å².